The molecule has 1 aromatic rings. The predicted molar refractivity (Wildman–Crippen MR) is 83.3 cm³/mol. The fourth-order valence-corrected chi connectivity index (χ4v) is 2.27. The van der Waals surface area contributed by atoms with Crippen molar-refractivity contribution >= 4 is 34.5 Å². The SMILES string of the molecule is CCOCC(=O)N[C@H](Cc1cccc(I)c1)C(=O)OC. The van der Waals surface area contributed by atoms with Crippen molar-refractivity contribution < 1.29 is 19.1 Å². The lowest BCUT2D eigenvalue weighted by molar-refractivity contribution is -0.145. The molecule has 0 aliphatic rings. The lowest BCUT2D eigenvalue weighted by atomic mass is 10.1. The number of methoxy groups -OCH3 is 1. The number of halogens is 1. The Bertz CT molecular complexity index is 464. The number of hydrogen-bond acceptors (Lipinski definition) is 4. The van der Waals surface area contributed by atoms with Crippen LogP contribution in [0.4, 0.5) is 0 Å². The molecule has 6 heteroatoms. The maximum absolute atomic E-state index is 11.7. The maximum atomic E-state index is 11.7. The number of carbonyl (C=O) groups is 2. The van der Waals surface area contributed by atoms with Crippen molar-refractivity contribution in [3.63, 3.8) is 0 Å². The van der Waals surface area contributed by atoms with Crippen molar-refractivity contribution in [1.29, 1.82) is 0 Å². The van der Waals surface area contributed by atoms with Gasteiger partial charge in [0.1, 0.15) is 12.6 Å². The zero-order chi connectivity index (χ0) is 15.0. The number of hydrogen-bond donors (Lipinski definition) is 1. The van der Waals surface area contributed by atoms with Crippen LogP contribution in [0.2, 0.25) is 0 Å². The number of nitrogens with one attached hydrogen (secondary N) is 1. The molecule has 1 amide bonds. The van der Waals surface area contributed by atoms with Crippen molar-refractivity contribution in [1.82, 2.24) is 5.32 Å². The molecule has 0 saturated heterocycles. The van der Waals surface area contributed by atoms with E-state index < -0.39 is 12.0 Å². The molecule has 5 nitrogen and oxygen atoms in total. The molecule has 0 bridgehead atoms. The largest absolute Gasteiger partial charge is 0.467 e. The van der Waals surface area contributed by atoms with Crippen molar-refractivity contribution in [3.8, 4) is 0 Å². The molecule has 0 heterocycles. The molecule has 20 heavy (non-hydrogen) atoms. The van der Waals surface area contributed by atoms with Gasteiger partial charge in [-0.2, -0.15) is 0 Å². The van der Waals surface area contributed by atoms with Gasteiger partial charge in [-0.3, -0.25) is 4.79 Å². The third-order valence-electron chi connectivity index (χ3n) is 2.59. The van der Waals surface area contributed by atoms with Gasteiger partial charge in [0.25, 0.3) is 0 Å². The van der Waals surface area contributed by atoms with Crippen LogP contribution in [0, 0.1) is 3.57 Å². The van der Waals surface area contributed by atoms with Gasteiger partial charge in [0.2, 0.25) is 5.91 Å². The minimum Gasteiger partial charge on any atom is -0.467 e. The summed E-state index contributed by atoms with van der Waals surface area (Å²) in [5, 5.41) is 2.63. The summed E-state index contributed by atoms with van der Waals surface area (Å²) in [6, 6.07) is 7.04. The number of amides is 1. The second-order valence-electron chi connectivity index (χ2n) is 4.11. The fourth-order valence-electron chi connectivity index (χ4n) is 1.67. The average molecular weight is 391 g/mol. The molecule has 0 fully saturated rings. The molecule has 1 N–H and O–H groups in total. The molecule has 0 radical (unpaired) electrons. The number of ether oxygens (including phenoxy) is 2. The van der Waals surface area contributed by atoms with E-state index in [1.165, 1.54) is 7.11 Å². The molecule has 0 aliphatic heterocycles. The predicted octanol–water partition coefficient (Wildman–Crippen LogP) is 1.53. The zero-order valence-electron chi connectivity index (χ0n) is 11.5. The van der Waals surface area contributed by atoms with Crippen LogP contribution in [-0.4, -0.2) is 38.2 Å². The van der Waals surface area contributed by atoms with Crippen LogP contribution in [0.3, 0.4) is 0 Å². The zero-order valence-corrected chi connectivity index (χ0v) is 13.7. The van der Waals surface area contributed by atoms with E-state index in [1.54, 1.807) is 6.92 Å². The van der Waals surface area contributed by atoms with Gasteiger partial charge in [0, 0.05) is 16.6 Å². The standard InChI is InChI=1S/C14H18INO4/c1-3-20-9-13(17)16-12(14(18)19-2)8-10-5-4-6-11(15)7-10/h4-7,12H,3,8-9H2,1-2H3,(H,16,17)/t12-/m1/s1. The average Bonchev–Trinajstić information content (AvgIpc) is 2.43. The van der Waals surface area contributed by atoms with Gasteiger partial charge >= 0.3 is 5.97 Å². The summed E-state index contributed by atoms with van der Waals surface area (Å²) in [7, 11) is 1.30. The second kappa shape index (κ2) is 8.91. The topological polar surface area (TPSA) is 64.6 Å². The van der Waals surface area contributed by atoms with E-state index in [0.29, 0.717) is 13.0 Å². The van der Waals surface area contributed by atoms with Crippen LogP contribution in [0.15, 0.2) is 24.3 Å². The molecular weight excluding hydrogens is 373 g/mol. The summed E-state index contributed by atoms with van der Waals surface area (Å²) in [5.41, 5.74) is 0.962. The van der Waals surface area contributed by atoms with E-state index in [2.05, 4.69) is 27.9 Å². The number of carbonyl (C=O) groups excluding carboxylic acids is 2. The normalized spacial score (nSPS) is 11.8. The summed E-state index contributed by atoms with van der Waals surface area (Å²) in [6.07, 6.45) is 0.390. The van der Waals surface area contributed by atoms with Crippen molar-refractivity contribution in [2.75, 3.05) is 20.3 Å². The smallest absolute Gasteiger partial charge is 0.328 e. The van der Waals surface area contributed by atoms with E-state index in [0.717, 1.165) is 9.13 Å². The summed E-state index contributed by atoms with van der Waals surface area (Å²) in [4.78, 5) is 23.4. The third-order valence-corrected chi connectivity index (χ3v) is 3.26. The maximum Gasteiger partial charge on any atom is 0.328 e. The summed E-state index contributed by atoms with van der Waals surface area (Å²) >= 11 is 2.20. The highest BCUT2D eigenvalue weighted by Crippen LogP contribution is 2.10. The second-order valence-corrected chi connectivity index (χ2v) is 5.36. The van der Waals surface area contributed by atoms with E-state index in [1.807, 2.05) is 24.3 Å². The van der Waals surface area contributed by atoms with Crippen LogP contribution in [0.25, 0.3) is 0 Å². The Morgan fingerprint density at radius 1 is 1.40 bits per heavy atom. The minimum atomic E-state index is -0.703. The Kier molecular flexibility index (Phi) is 7.53. The number of rotatable bonds is 7. The van der Waals surface area contributed by atoms with Gasteiger partial charge in [0.15, 0.2) is 0 Å². The van der Waals surface area contributed by atoms with Crippen LogP contribution in [0.5, 0.6) is 0 Å². The molecule has 0 spiro atoms. The van der Waals surface area contributed by atoms with Gasteiger partial charge in [-0.05, 0) is 47.2 Å². The molecule has 1 atom stereocenters. The van der Waals surface area contributed by atoms with Crippen LogP contribution in [-0.2, 0) is 25.5 Å². The fraction of sp³-hybridized carbons (Fsp3) is 0.429. The van der Waals surface area contributed by atoms with Crippen LogP contribution in [0.1, 0.15) is 12.5 Å². The molecule has 0 aromatic heterocycles. The Labute approximate surface area is 132 Å². The minimum absolute atomic E-state index is 0.0592. The van der Waals surface area contributed by atoms with Gasteiger partial charge in [-0.15, -0.1) is 0 Å². The summed E-state index contributed by atoms with van der Waals surface area (Å²) in [6.45, 7) is 2.19. The number of benzene rings is 1. The first-order valence-electron chi connectivity index (χ1n) is 6.26. The van der Waals surface area contributed by atoms with E-state index in [-0.39, 0.29) is 12.5 Å². The molecular formula is C14H18INO4. The van der Waals surface area contributed by atoms with Gasteiger partial charge < -0.3 is 14.8 Å². The Balaban J connectivity index is 2.69. The van der Waals surface area contributed by atoms with E-state index in [9.17, 15) is 9.59 Å². The molecule has 1 aromatic carbocycles. The Morgan fingerprint density at radius 3 is 2.75 bits per heavy atom. The van der Waals surface area contributed by atoms with Crippen molar-refractivity contribution in [2.24, 2.45) is 0 Å². The summed E-state index contributed by atoms with van der Waals surface area (Å²) < 4.78 is 10.8. The monoisotopic (exact) mass is 391 g/mol. The highest BCUT2D eigenvalue weighted by Gasteiger charge is 2.21. The van der Waals surface area contributed by atoms with Crippen molar-refractivity contribution in [3.05, 3.63) is 33.4 Å². The van der Waals surface area contributed by atoms with Gasteiger partial charge in [-0.25, -0.2) is 4.79 Å². The highest BCUT2D eigenvalue weighted by atomic mass is 127. The number of esters is 1. The summed E-state index contributed by atoms with van der Waals surface area (Å²) in [5.74, 6) is -0.790. The lowest BCUT2D eigenvalue weighted by Gasteiger charge is -2.16. The highest BCUT2D eigenvalue weighted by molar-refractivity contribution is 14.1. The van der Waals surface area contributed by atoms with E-state index in [4.69, 9.17) is 9.47 Å². The van der Waals surface area contributed by atoms with Gasteiger partial charge in [-0.1, -0.05) is 12.1 Å². The molecule has 1 rings (SSSR count). The molecule has 110 valence electrons. The first-order chi connectivity index (χ1) is 9.56. The Hall–Kier alpha value is -1.15. The first-order valence-corrected chi connectivity index (χ1v) is 7.34. The lowest BCUT2D eigenvalue weighted by Crippen LogP contribution is -2.44. The van der Waals surface area contributed by atoms with E-state index >= 15 is 0 Å². The van der Waals surface area contributed by atoms with Crippen LogP contribution >= 0.6 is 22.6 Å². The van der Waals surface area contributed by atoms with Crippen LogP contribution < -0.4 is 5.32 Å². The Morgan fingerprint density at radius 2 is 2.15 bits per heavy atom. The molecule has 0 aliphatic carbocycles. The van der Waals surface area contributed by atoms with Crippen molar-refractivity contribution in [2.45, 2.75) is 19.4 Å². The first kappa shape index (κ1) is 16.9. The molecule has 0 unspecified atom stereocenters. The molecule has 0 saturated carbocycles. The van der Waals surface area contributed by atoms with Gasteiger partial charge in [0.05, 0.1) is 7.11 Å². The third kappa shape index (κ3) is 5.87. The quantitative estimate of drug-likeness (QED) is 0.566.